The SMILES string of the molecule is CCCC1CCN(c2ncccc2C(N)=S)C1. The van der Waals surface area contributed by atoms with Gasteiger partial charge in [-0.2, -0.15) is 0 Å². The first-order valence-corrected chi connectivity index (χ1v) is 6.63. The fourth-order valence-electron chi connectivity index (χ4n) is 2.51. The number of hydrogen-bond acceptors (Lipinski definition) is 3. The predicted octanol–water partition coefficient (Wildman–Crippen LogP) is 2.34. The molecule has 1 aromatic rings. The molecule has 17 heavy (non-hydrogen) atoms. The van der Waals surface area contributed by atoms with E-state index in [4.69, 9.17) is 18.0 Å². The number of nitrogens with two attached hydrogens (primary N) is 1. The summed E-state index contributed by atoms with van der Waals surface area (Å²) < 4.78 is 0. The molecule has 1 saturated heterocycles. The Labute approximate surface area is 108 Å². The van der Waals surface area contributed by atoms with E-state index in [1.54, 1.807) is 0 Å². The van der Waals surface area contributed by atoms with Gasteiger partial charge in [0.25, 0.3) is 0 Å². The monoisotopic (exact) mass is 249 g/mol. The first kappa shape index (κ1) is 12.3. The van der Waals surface area contributed by atoms with Crippen molar-refractivity contribution in [3.05, 3.63) is 23.9 Å². The van der Waals surface area contributed by atoms with Crippen molar-refractivity contribution in [1.82, 2.24) is 4.98 Å². The Morgan fingerprint density at radius 2 is 2.47 bits per heavy atom. The Bertz CT molecular complexity index is 405. The zero-order chi connectivity index (χ0) is 12.3. The number of thiocarbonyl (C=S) groups is 1. The Kier molecular flexibility index (Phi) is 3.94. The zero-order valence-electron chi connectivity index (χ0n) is 10.2. The zero-order valence-corrected chi connectivity index (χ0v) is 11.0. The van der Waals surface area contributed by atoms with Crippen LogP contribution in [0.2, 0.25) is 0 Å². The maximum atomic E-state index is 5.74. The van der Waals surface area contributed by atoms with Gasteiger partial charge >= 0.3 is 0 Å². The van der Waals surface area contributed by atoms with Crippen LogP contribution >= 0.6 is 12.2 Å². The first-order chi connectivity index (χ1) is 8.22. The van der Waals surface area contributed by atoms with Crippen LogP contribution in [0.15, 0.2) is 18.3 Å². The highest BCUT2D eigenvalue weighted by Crippen LogP contribution is 2.27. The molecular weight excluding hydrogens is 230 g/mol. The van der Waals surface area contributed by atoms with Gasteiger partial charge in [-0.3, -0.25) is 0 Å². The van der Waals surface area contributed by atoms with Crippen molar-refractivity contribution < 1.29 is 0 Å². The summed E-state index contributed by atoms with van der Waals surface area (Å²) in [6, 6.07) is 3.84. The first-order valence-electron chi connectivity index (χ1n) is 6.22. The smallest absolute Gasteiger partial charge is 0.138 e. The topological polar surface area (TPSA) is 42.2 Å². The molecule has 3 nitrogen and oxygen atoms in total. The molecule has 92 valence electrons. The highest BCUT2D eigenvalue weighted by atomic mass is 32.1. The van der Waals surface area contributed by atoms with Crippen molar-refractivity contribution in [3.8, 4) is 0 Å². The fourth-order valence-corrected chi connectivity index (χ4v) is 2.67. The molecule has 0 aliphatic carbocycles. The maximum absolute atomic E-state index is 5.74. The molecule has 0 saturated carbocycles. The van der Waals surface area contributed by atoms with E-state index in [1.807, 2.05) is 18.3 Å². The second kappa shape index (κ2) is 5.45. The molecule has 0 bridgehead atoms. The van der Waals surface area contributed by atoms with Crippen LogP contribution in [0.4, 0.5) is 5.82 Å². The molecule has 2 heterocycles. The molecule has 1 unspecified atom stereocenters. The summed E-state index contributed by atoms with van der Waals surface area (Å²) in [5, 5.41) is 0. The molecule has 0 radical (unpaired) electrons. The maximum Gasteiger partial charge on any atom is 0.138 e. The molecule has 1 aliphatic rings. The number of rotatable bonds is 4. The number of hydrogen-bond donors (Lipinski definition) is 1. The van der Waals surface area contributed by atoms with Crippen LogP contribution < -0.4 is 10.6 Å². The Hall–Kier alpha value is -1.16. The second-order valence-electron chi connectivity index (χ2n) is 4.63. The average molecular weight is 249 g/mol. The number of anilines is 1. The van der Waals surface area contributed by atoms with Crippen molar-refractivity contribution in [1.29, 1.82) is 0 Å². The summed E-state index contributed by atoms with van der Waals surface area (Å²) in [4.78, 5) is 7.19. The van der Waals surface area contributed by atoms with Gasteiger partial charge in [0.2, 0.25) is 0 Å². The third kappa shape index (κ3) is 2.75. The van der Waals surface area contributed by atoms with Crippen molar-refractivity contribution in [3.63, 3.8) is 0 Å². The van der Waals surface area contributed by atoms with E-state index in [0.717, 1.165) is 30.4 Å². The summed E-state index contributed by atoms with van der Waals surface area (Å²) in [5.41, 5.74) is 6.64. The van der Waals surface area contributed by atoms with Crippen molar-refractivity contribution in [2.24, 2.45) is 11.7 Å². The average Bonchev–Trinajstić information content (AvgIpc) is 2.78. The second-order valence-corrected chi connectivity index (χ2v) is 5.07. The van der Waals surface area contributed by atoms with E-state index in [2.05, 4.69) is 16.8 Å². The molecule has 4 heteroatoms. The number of nitrogens with zero attached hydrogens (tertiary/aromatic N) is 2. The summed E-state index contributed by atoms with van der Waals surface area (Å²) in [7, 11) is 0. The van der Waals surface area contributed by atoms with Gasteiger partial charge in [0.1, 0.15) is 10.8 Å². The van der Waals surface area contributed by atoms with Gasteiger partial charge in [0.15, 0.2) is 0 Å². The summed E-state index contributed by atoms with van der Waals surface area (Å²) in [6.45, 7) is 4.39. The Balaban J connectivity index is 2.16. The van der Waals surface area contributed by atoms with Crippen LogP contribution in [-0.2, 0) is 0 Å². The van der Waals surface area contributed by atoms with E-state index in [0.29, 0.717) is 4.99 Å². The van der Waals surface area contributed by atoms with Gasteiger partial charge in [-0.25, -0.2) is 4.98 Å². The molecule has 1 aliphatic heterocycles. The molecule has 2 N–H and O–H groups in total. The van der Waals surface area contributed by atoms with Gasteiger partial charge in [0, 0.05) is 19.3 Å². The summed E-state index contributed by atoms with van der Waals surface area (Å²) in [5.74, 6) is 1.75. The fraction of sp³-hybridized carbons (Fsp3) is 0.538. The third-order valence-corrected chi connectivity index (χ3v) is 3.55. The molecule has 1 atom stereocenters. The Morgan fingerprint density at radius 3 is 3.18 bits per heavy atom. The van der Waals surface area contributed by atoms with E-state index < -0.39 is 0 Å². The van der Waals surface area contributed by atoms with Crippen molar-refractivity contribution >= 4 is 23.0 Å². The molecule has 0 spiro atoms. The largest absolute Gasteiger partial charge is 0.389 e. The van der Waals surface area contributed by atoms with Crippen molar-refractivity contribution in [2.75, 3.05) is 18.0 Å². The molecule has 1 fully saturated rings. The van der Waals surface area contributed by atoms with Crippen LogP contribution in [0.1, 0.15) is 31.7 Å². The van der Waals surface area contributed by atoms with Crippen LogP contribution in [0.3, 0.4) is 0 Å². The van der Waals surface area contributed by atoms with Gasteiger partial charge in [-0.15, -0.1) is 0 Å². The van der Waals surface area contributed by atoms with Gasteiger partial charge in [-0.1, -0.05) is 25.6 Å². The minimum atomic E-state index is 0.437. The minimum Gasteiger partial charge on any atom is -0.389 e. The molecule has 2 rings (SSSR count). The van der Waals surface area contributed by atoms with Gasteiger partial charge in [0.05, 0.1) is 5.56 Å². The lowest BCUT2D eigenvalue weighted by molar-refractivity contribution is 0.529. The molecular formula is C13H19N3S. The van der Waals surface area contributed by atoms with Crippen LogP contribution in [-0.4, -0.2) is 23.1 Å². The van der Waals surface area contributed by atoms with E-state index in [9.17, 15) is 0 Å². The van der Waals surface area contributed by atoms with Crippen LogP contribution in [0.25, 0.3) is 0 Å². The minimum absolute atomic E-state index is 0.437. The number of pyridine rings is 1. The quantitative estimate of drug-likeness (QED) is 0.832. The highest BCUT2D eigenvalue weighted by molar-refractivity contribution is 7.80. The normalized spacial score (nSPS) is 19.6. The predicted molar refractivity (Wildman–Crippen MR) is 75.4 cm³/mol. The van der Waals surface area contributed by atoms with Crippen LogP contribution in [0, 0.1) is 5.92 Å². The van der Waals surface area contributed by atoms with Gasteiger partial charge in [-0.05, 0) is 30.9 Å². The standard InChI is InChI=1S/C13H19N3S/c1-2-4-10-6-8-16(9-10)13-11(12(14)17)5-3-7-15-13/h3,5,7,10H,2,4,6,8-9H2,1H3,(H2,14,17). The lowest BCUT2D eigenvalue weighted by atomic mass is 10.0. The van der Waals surface area contributed by atoms with Crippen molar-refractivity contribution in [2.45, 2.75) is 26.2 Å². The Morgan fingerprint density at radius 1 is 1.65 bits per heavy atom. The highest BCUT2D eigenvalue weighted by Gasteiger charge is 2.24. The van der Waals surface area contributed by atoms with Crippen LogP contribution in [0.5, 0.6) is 0 Å². The molecule has 1 aromatic heterocycles. The van der Waals surface area contributed by atoms with E-state index >= 15 is 0 Å². The summed E-state index contributed by atoms with van der Waals surface area (Å²) >= 11 is 5.08. The molecule has 0 aromatic carbocycles. The third-order valence-electron chi connectivity index (χ3n) is 3.33. The lowest BCUT2D eigenvalue weighted by Gasteiger charge is -2.20. The van der Waals surface area contributed by atoms with E-state index in [1.165, 1.54) is 19.3 Å². The lowest BCUT2D eigenvalue weighted by Crippen LogP contribution is -2.24. The van der Waals surface area contributed by atoms with Gasteiger partial charge < -0.3 is 10.6 Å². The molecule has 0 amide bonds. The summed E-state index contributed by atoms with van der Waals surface area (Å²) in [6.07, 6.45) is 5.61. The van der Waals surface area contributed by atoms with E-state index in [-0.39, 0.29) is 0 Å². The number of aromatic nitrogens is 1.